The van der Waals surface area contributed by atoms with Crippen molar-refractivity contribution >= 4 is 23.8 Å². The van der Waals surface area contributed by atoms with Crippen LogP contribution in [-0.4, -0.2) is 48.1 Å². The molecular formula is C22H36N2O6Y-2. The summed E-state index contributed by atoms with van der Waals surface area (Å²) < 4.78 is 58.6. The maximum atomic E-state index is 11.5. The number of amides is 2. The number of carbonyl (C=O) groups excluding carboxylic acids is 2. The Kier molecular flexibility index (Phi) is 13.5. The van der Waals surface area contributed by atoms with Crippen molar-refractivity contribution in [2.24, 2.45) is 0 Å². The van der Waals surface area contributed by atoms with E-state index in [0.29, 0.717) is 10.6 Å². The Morgan fingerprint density at radius 1 is 0.806 bits per heavy atom. The first-order valence-electron chi connectivity index (χ1n) is 12.9. The molecule has 0 saturated carbocycles. The Bertz CT molecular complexity index is 885. The molecule has 0 bridgehead atoms. The van der Waals surface area contributed by atoms with Crippen molar-refractivity contribution in [1.29, 1.82) is 2.86 Å². The van der Waals surface area contributed by atoms with Crippen molar-refractivity contribution in [2.45, 2.75) is 14.8 Å². The SMILES string of the molecule is [2H]C.[2H]C.[2H]OC(=O)c1ccccc1C(=O)N([2H])C.[2H]OC(=O)c1ccccc1C(=O)N([2H])C.[2H][2H].[2H][2H].[CH3-].[CH3-].[Y]. The van der Waals surface area contributed by atoms with Gasteiger partial charge in [0.1, 0.15) is 0 Å². The molecule has 9 heteroatoms. The van der Waals surface area contributed by atoms with E-state index in [1.165, 1.54) is 53.2 Å². The fourth-order valence-corrected chi connectivity index (χ4v) is 1.94. The molecule has 0 aliphatic carbocycles. The number of rotatable bonds is 4. The summed E-state index contributed by atoms with van der Waals surface area (Å²) in [6, 6.07) is 11.8. The van der Waals surface area contributed by atoms with Crippen molar-refractivity contribution in [3.05, 3.63) is 85.6 Å². The minimum absolute atomic E-state index is 0. The van der Waals surface area contributed by atoms with Gasteiger partial charge in [0.05, 0.1) is 22.3 Å². The van der Waals surface area contributed by atoms with E-state index in [2.05, 4.69) is 10.2 Å². The molecule has 0 unspecified atom stereocenters. The Morgan fingerprint density at radius 3 is 1.29 bits per heavy atom. The minimum Gasteiger partial charge on any atom is -0.478 e. The molecule has 0 heterocycles. The van der Waals surface area contributed by atoms with Crippen molar-refractivity contribution in [1.82, 2.24) is 10.6 Å². The van der Waals surface area contributed by atoms with E-state index in [0.717, 1.165) is 0 Å². The Balaban J connectivity index is -0.0000000854. The van der Waals surface area contributed by atoms with Crippen LogP contribution in [0.3, 0.4) is 0 Å². The second kappa shape index (κ2) is 19.4. The number of nitrogens with one attached hydrogen (secondary N) is 2. The average molecular weight is 524 g/mol. The van der Waals surface area contributed by atoms with Crippen LogP contribution >= 0.6 is 0 Å². The third kappa shape index (κ3) is 11.4. The van der Waals surface area contributed by atoms with Crippen LogP contribution in [0.25, 0.3) is 2.86 Å². The van der Waals surface area contributed by atoms with E-state index in [1.807, 2.05) is 0 Å². The van der Waals surface area contributed by atoms with Gasteiger partial charge in [-0.3, -0.25) is 9.59 Å². The topological polar surface area (TPSA) is 133 Å². The maximum absolute atomic E-state index is 11.5. The average Bonchev–Trinajstić information content (AvgIpc) is 2.99. The molecule has 0 atom stereocenters. The van der Waals surface area contributed by atoms with E-state index in [-0.39, 0.29) is 69.8 Å². The van der Waals surface area contributed by atoms with Gasteiger partial charge in [-0.25, -0.2) is 9.59 Å². The zero-order valence-corrected chi connectivity index (χ0v) is 21.4. The monoisotopic (exact) mass is 523 g/mol. The summed E-state index contributed by atoms with van der Waals surface area (Å²) in [6.45, 7) is 0. The van der Waals surface area contributed by atoms with Crippen LogP contribution in [0, 0.1) is 14.9 Å². The Hall–Kier alpha value is -2.58. The molecule has 2 aromatic carbocycles. The van der Waals surface area contributed by atoms with E-state index < -0.39 is 23.8 Å². The van der Waals surface area contributed by atoms with Gasteiger partial charge in [0.2, 0.25) is 0 Å². The number of hydrogen-bond donors (Lipinski definition) is 4. The van der Waals surface area contributed by atoms with E-state index in [4.69, 9.17) is 14.4 Å². The number of aromatic carboxylic acids is 2. The Labute approximate surface area is 225 Å². The van der Waals surface area contributed by atoms with E-state index >= 15 is 0 Å². The molecule has 0 aromatic heterocycles. The normalized spacial score (nSPS) is 10.3. The molecule has 175 valence electrons. The largest absolute Gasteiger partial charge is 0.478 e. The van der Waals surface area contributed by atoms with Gasteiger partial charge in [-0.15, -0.1) is 0 Å². The van der Waals surface area contributed by atoms with Crippen molar-refractivity contribution in [3.8, 4) is 0 Å². The first-order valence-corrected chi connectivity index (χ1v) is 7.22. The first kappa shape index (κ1) is 21.6. The van der Waals surface area contributed by atoms with Gasteiger partial charge in [-0.2, -0.15) is 0 Å². The van der Waals surface area contributed by atoms with Crippen LogP contribution in [0.1, 0.15) is 64.9 Å². The molecular weight excluding hydrogens is 477 g/mol. The second-order valence-corrected chi connectivity index (χ2v) is 4.72. The molecule has 0 fully saturated rings. The quantitative estimate of drug-likeness (QED) is 0.445. The molecule has 0 saturated heterocycles. The van der Waals surface area contributed by atoms with Crippen LogP contribution in [0.5, 0.6) is 0 Å². The van der Waals surface area contributed by atoms with Crippen LogP contribution < -0.4 is 10.6 Å². The number of carbonyl (C=O) groups is 4. The third-order valence-electron chi connectivity index (χ3n) is 3.16. The van der Waals surface area contributed by atoms with Gasteiger partial charge >= 0.3 is 11.9 Å². The van der Waals surface area contributed by atoms with Crippen LogP contribution in [0.2, 0.25) is 2.82 Å². The molecule has 0 spiro atoms. The summed E-state index contributed by atoms with van der Waals surface area (Å²) >= 11 is 0. The molecule has 2 aromatic rings. The van der Waals surface area contributed by atoms with Crippen molar-refractivity contribution in [3.63, 3.8) is 0 Å². The van der Waals surface area contributed by atoms with Gasteiger partial charge in [0.25, 0.3) is 14.7 Å². The summed E-state index contributed by atoms with van der Waals surface area (Å²) in [5.41, 5.74) is 0.0627. The molecule has 31 heavy (non-hydrogen) atoms. The first-order chi connectivity index (χ1) is 18.1. The minimum atomic E-state index is -0.916. The summed E-state index contributed by atoms with van der Waals surface area (Å²) in [4.78, 5) is 45.1. The summed E-state index contributed by atoms with van der Waals surface area (Å²) in [6.07, 6.45) is 0. The van der Waals surface area contributed by atoms with Gasteiger partial charge in [-0.05, 0) is 24.3 Å². The molecule has 8 nitrogen and oxygen atoms in total. The predicted molar refractivity (Wildman–Crippen MR) is 124 cm³/mol. The fraction of sp³-hybridized carbons (Fsp3) is 0.182. The van der Waals surface area contributed by atoms with Crippen molar-refractivity contribution in [2.75, 3.05) is 14.1 Å². The van der Waals surface area contributed by atoms with Gasteiger partial charge in [0, 0.05) is 55.5 Å². The van der Waals surface area contributed by atoms with Gasteiger partial charge in [-0.1, -0.05) is 39.1 Å². The number of benzene rings is 2. The number of carboxylic acid groups (broad SMARTS) is 2. The van der Waals surface area contributed by atoms with E-state index in [9.17, 15) is 19.2 Å². The standard InChI is InChI=1S/2C9H9NO3.2CH4.2CH3.Y.2H2/c2*1-10-8(11)6-4-2-3-5-7(6)9(12)13;;;;;;;/h2*2-5H,1H3,(H,10,11)(H,12,13);2*1H4;2*1H3;;2*1H/q;;;;2*-1;;;/i;;2*1D;;;;2*1+1D/hD4. The molecule has 4 N–H and O–H groups in total. The molecule has 0 aliphatic heterocycles. The number of hydrogen-bond acceptors (Lipinski definition) is 6. The van der Waals surface area contributed by atoms with Crippen molar-refractivity contribution < 1.29 is 73.6 Å². The van der Waals surface area contributed by atoms with Crippen LogP contribution in [0.15, 0.2) is 48.5 Å². The van der Waals surface area contributed by atoms with Crippen LogP contribution in [-0.2, 0) is 32.7 Å². The summed E-state index contributed by atoms with van der Waals surface area (Å²) in [5, 5.41) is 8.79. The molecule has 2 rings (SSSR count). The van der Waals surface area contributed by atoms with Gasteiger partial charge in [0.15, 0.2) is 2.82 Å². The molecule has 2 amide bonds. The Morgan fingerprint density at radius 2 is 1.06 bits per heavy atom. The fourth-order valence-electron chi connectivity index (χ4n) is 1.94. The van der Waals surface area contributed by atoms with Gasteiger partial charge < -0.3 is 35.7 Å². The molecule has 0 aliphatic rings. The molecule has 1 radical (unpaired) electrons. The zero-order chi connectivity index (χ0) is 30.8. The zero-order valence-electron chi connectivity index (χ0n) is 28.5. The summed E-state index contributed by atoms with van der Waals surface area (Å²) in [5.74, 6) is -3.09. The number of carboxylic acids is 2. The summed E-state index contributed by atoms with van der Waals surface area (Å²) in [7, 11) is 5.01. The van der Waals surface area contributed by atoms with Crippen LogP contribution in [0.4, 0.5) is 0 Å². The van der Waals surface area contributed by atoms with E-state index in [1.54, 1.807) is 24.3 Å². The smallest absolute Gasteiger partial charge is 0.336 e. The second-order valence-electron chi connectivity index (χ2n) is 4.72. The maximum Gasteiger partial charge on any atom is 0.336 e. The predicted octanol–water partition coefficient (Wildman–Crippen LogP) is 4.15. The third-order valence-corrected chi connectivity index (χ3v) is 3.16.